The van der Waals surface area contributed by atoms with Gasteiger partial charge in [0.25, 0.3) is 0 Å². The highest BCUT2D eigenvalue weighted by Crippen LogP contribution is 2.58. The molecule has 1 fully saturated rings. The number of nitrogens with one attached hydrogen (secondary N) is 1. The van der Waals surface area contributed by atoms with Crippen molar-refractivity contribution in [3.05, 3.63) is 29.6 Å². The molecule has 2 unspecified atom stereocenters. The van der Waals surface area contributed by atoms with E-state index in [2.05, 4.69) is 5.32 Å². The number of hydrogen-bond donors (Lipinski definition) is 2. The van der Waals surface area contributed by atoms with Crippen LogP contribution in [0, 0.1) is 30.0 Å². The molecule has 19 heavy (non-hydrogen) atoms. The van der Waals surface area contributed by atoms with Gasteiger partial charge in [-0.05, 0) is 30.0 Å². The lowest BCUT2D eigenvalue weighted by Crippen LogP contribution is -2.18. The summed E-state index contributed by atoms with van der Waals surface area (Å²) in [5.41, 5.74) is 0.564. The molecule has 2 rings (SSSR count). The summed E-state index contributed by atoms with van der Waals surface area (Å²) in [5, 5.41) is 11.6. The number of carbonyl (C=O) groups excluding carboxylic acids is 1. The maximum absolute atomic E-state index is 13.1. The van der Waals surface area contributed by atoms with Gasteiger partial charge in [0.2, 0.25) is 5.91 Å². The molecule has 1 aliphatic carbocycles. The summed E-state index contributed by atoms with van der Waals surface area (Å²) in [6.45, 7) is 5.24. The van der Waals surface area contributed by atoms with Crippen molar-refractivity contribution < 1.29 is 19.1 Å². The minimum absolute atomic E-state index is 0.369. The lowest BCUT2D eigenvalue weighted by atomic mass is 10.1. The molecule has 1 aromatic rings. The van der Waals surface area contributed by atoms with E-state index in [1.54, 1.807) is 26.8 Å². The largest absolute Gasteiger partial charge is 0.481 e. The zero-order valence-electron chi connectivity index (χ0n) is 11.0. The maximum atomic E-state index is 13.1. The van der Waals surface area contributed by atoms with Gasteiger partial charge in [-0.2, -0.15) is 0 Å². The Bertz CT molecular complexity index is 554. The summed E-state index contributed by atoms with van der Waals surface area (Å²) in [4.78, 5) is 23.1. The van der Waals surface area contributed by atoms with Gasteiger partial charge in [0, 0.05) is 5.69 Å². The fourth-order valence-corrected chi connectivity index (χ4v) is 2.53. The van der Waals surface area contributed by atoms with Crippen molar-refractivity contribution in [2.75, 3.05) is 5.32 Å². The number of aryl methyl sites for hydroxylation is 1. The van der Waals surface area contributed by atoms with Crippen molar-refractivity contribution in [3.63, 3.8) is 0 Å². The van der Waals surface area contributed by atoms with Crippen LogP contribution in [0.25, 0.3) is 0 Å². The Balaban J connectivity index is 2.15. The summed E-state index contributed by atoms with van der Waals surface area (Å²) in [7, 11) is 0. The fraction of sp³-hybridized carbons (Fsp3) is 0.429. The summed E-state index contributed by atoms with van der Waals surface area (Å²) in [6, 6.07) is 4.11. The Labute approximate surface area is 110 Å². The van der Waals surface area contributed by atoms with Gasteiger partial charge in [-0.25, -0.2) is 4.39 Å². The number of carboxylic acids is 1. The van der Waals surface area contributed by atoms with E-state index >= 15 is 0 Å². The van der Waals surface area contributed by atoms with E-state index in [4.69, 9.17) is 5.11 Å². The van der Waals surface area contributed by atoms with Crippen LogP contribution in [0.2, 0.25) is 0 Å². The van der Waals surface area contributed by atoms with Gasteiger partial charge in [-0.1, -0.05) is 19.9 Å². The topological polar surface area (TPSA) is 66.4 Å². The molecule has 2 N–H and O–H groups in total. The Morgan fingerprint density at radius 2 is 1.95 bits per heavy atom. The van der Waals surface area contributed by atoms with Gasteiger partial charge in [-0.3, -0.25) is 9.59 Å². The van der Waals surface area contributed by atoms with Crippen LogP contribution in [0.5, 0.6) is 0 Å². The molecule has 1 amide bonds. The van der Waals surface area contributed by atoms with Crippen LogP contribution in [0.3, 0.4) is 0 Å². The van der Waals surface area contributed by atoms with Crippen molar-refractivity contribution in [3.8, 4) is 0 Å². The van der Waals surface area contributed by atoms with Crippen LogP contribution in [-0.2, 0) is 9.59 Å². The van der Waals surface area contributed by atoms with Crippen molar-refractivity contribution in [2.45, 2.75) is 20.8 Å². The normalized spacial score (nSPS) is 23.8. The average molecular weight is 265 g/mol. The van der Waals surface area contributed by atoms with E-state index in [0.29, 0.717) is 5.69 Å². The molecular formula is C14H16FNO3. The van der Waals surface area contributed by atoms with Crippen molar-refractivity contribution in [1.82, 2.24) is 0 Å². The monoisotopic (exact) mass is 265 g/mol. The first-order valence-corrected chi connectivity index (χ1v) is 6.05. The lowest BCUT2D eigenvalue weighted by Gasteiger charge is -2.09. The fourth-order valence-electron chi connectivity index (χ4n) is 2.53. The van der Waals surface area contributed by atoms with Crippen molar-refractivity contribution in [2.24, 2.45) is 17.3 Å². The second-order valence-electron chi connectivity index (χ2n) is 5.56. The SMILES string of the molecule is Cc1ccc(F)cc1NC(=O)C1C(C(=O)O)C1(C)C. The number of carbonyl (C=O) groups is 2. The molecule has 0 spiro atoms. The van der Waals surface area contributed by atoms with Gasteiger partial charge in [0.1, 0.15) is 5.82 Å². The predicted molar refractivity (Wildman–Crippen MR) is 68.2 cm³/mol. The van der Waals surface area contributed by atoms with E-state index in [9.17, 15) is 14.0 Å². The molecule has 0 saturated heterocycles. The second-order valence-corrected chi connectivity index (χ2v) is 5.56. The third-order valence-corrected chi connectivity index (χ3v) is 3.83. The Morgan fingerprint density at radius 3 is 2.47 bits per heavy atom. The number of benzene rings is 1. The molecule has 0 radical (unpaired) electrons. The summed E-state index contributed by atoms with van der Waals surface area (Å²) < 4.78 is 13.1. The molecule has 0 aromatic heterocycles. The molecule has 1 aliphatic rings. The first-order valence-electron chi connectivity index (χ1n) is 6.05. The minimum atomic E-state index is -0.971. The summed E-state index contributed by atoms with van der Waals surface area (Å²) >= 11 is 0. The number of halogens is 1. The Hall–Kier alpha value is -1.91. The molecular weight excluding hydrogens is 249 g/mol. The number of rotatable bonds is 3. The zero-order chi connectivity index (χ0) is 14.4. The highest BCUT2D eigenvalue weighted by molar-refractivity contribution is 6.00. The third kappa shape index (κ3) is 2.32. The van der Waals surface area contributed by atoms with E-state index in [-0.39, 0.29) is 5.91 Å². The van der Waals surface area contributed by atoms with E-state index in [1.807, 2.05) is 0 Å². The average Bonchev–Trinajstić information content (AvgIpc) is 2.87. The maximum Gasteiger partial charge on any atom is 0.307 e. The van der Waals surface area contributed by atoms with Gasteiger partial charge < -0.3 is 10.4 Å². The third-order valence-electron chi connectivity index (χ3n) is 3.83. The molecule has 1 saturated carbocycles. The predicted octanol–water partition coefficient (Wildman–Crippen LogP) is 2.43. The first-order chi connectivity index (χ1) is 8.75. The van der Waals surface area contributed by atoms with Crippen LogP contribution in [0.4, 0.5) is 10.1 Å². The van der Waals surface area contributed by atoms with Crippen LogP contribution in [0.15, 0.2) is 18.2 Å². The number of carboxylic acid groups (broad SMARTS) is 1. The summed E-state index contributed by atoms with van der Waals surface area (Å²) in [5.74, 6) is -3.04. The highest BCUT2D eigenvalue weighted by Gasteiger charge is 2.65. The van der Waals surface area contributed by atoms with Crippen LogP contribution >= 0.6 is 0 Å². The van der Waals surface area contributed by atoms with Gasteiger partial charge in [-0.15, -0.1) is 0 Å². The van der Waals surface area contributed by atoms with Gasteiger partial charge in [0.05, 0.1) is 11.8 Å². The Kier molecular flexibility index (Phi) is 3.08. The van der Waals surface area contributed by atoms with Crippen molar-refractivity contribution >= 4 is 17.6 Å². The van der Waals surface area contributed by atoms with E-state index in [1.165, 1.54) is 12.1 Å². The number of aliphatic carboxylic acids is 1. The summed E-state index contributed by atoms with van der Waals surface area (Å²) in [6.07, 6.45) is 0. The van der Waals surface area contributed by atoms with Crippen LogP contribution in [-0.4, -0.2) is 17.0 Å². The minimum Gasteiger partial charge on any atom is -0.481 e. The van der Waals surface area contributed by atoms with Crippen LogP contribution < -0.4 is 5.32 Å². The lowest BCUT2D eigenvalue weighted by molar-refractivity contribution is -0.140. The quantitative estimate of drug-likeness (QED) is 0.882. The molecule has 0 aliphatic heterocycles. The van der Waals surface area contributed by atoms with E-state index in [0.717, 1.165) is 5.56 Å². The molecule has 1 aromatic carbocycles. The number of hydrogen-bond acceptors (Lipinski definition) is 2. The molecule has 0 bridgehead atoms. The van der Waals surface area contributed by atoms with Crippen molar-refractivity contribution in [1.29, 1.82) is 0 Å². The molecule has 0 heterocycles. The number of anilines is 1. The smallest absolute Gasteiger partial charge is 0.307 e. The molecule has 2 atom stereocenters. The Morgan fingerprint density at radius 1 is 1.32 bits per heavy atom. The number of amides is 1. The van der Waals surface area contributed by atoms with Gasteiger partial charge in [0.15, 0.2) is 0 Å². The highest BCUT2D eigenvalue weighted by atomic mass is 19.1. The second kappa shape index (κ2) is 4.33. The standard InChI is InChI=1S/C14H16FNO3/c1-7-4-5-8(15)6-9(7)16-12(17)10-11(13(18)19)14(10,2)3/h4-6,10-11H,1-3H3,(H,16,17)(H,18,19). The molecule has 5 heteroatoms. The first kappa shape index (κ1) is 13.5. The zero-order valence-corrected chi connectivity index (χ0v) is 11.0. The molecule has 102 valence electrons. The van der Waals surface area contributed by atoms with Crippen LogP contribution in [0.1, 0.15) is 19.4 Å². The molecule has 4 nitrogen and oxygen atoms in total. The van der Waals surface area contributed by atoms with Gasteiger partial charge >= 0.3 is 5.97 Å². The van der Waals surface area contributed by atoms with E-state index < -0.39 is 29.0 Å².